The maximum absolute atomic E-state index is 11.9. The first-order chi connectivity index (χ1) is 8.29. The fourth-order valence-electron chi connectivity index (χ4n) is 2.48. The van der Waals surface area contributed by atoms with Gasteiger partial charge in [0.15, 0.2) is 0 Å². The van der Waals surface area contributed by atoms with Crippen LogP contribution in [-0.2, 0) is 10.8 Å². The molecular formula is C13H24N2OS. The van der Waals surface area contributed by atoms with E-state index in [2.05, 4.69) is 11.4 Å². The monoisotopic (exact) mass is 256 g/mol. The molecule has 0 aromatic carbocycles. The van der Waals surface area contributed by atoms with Crippen LogP contribution in [0.15, 0.2) is 0 Å². The van der Waals surface area contributed by atoms with E-state index in [9.17, 15) is 4.21 Å². The van der Waals surface area contributed by atoms with Crippen molar-refractivity contribution in [1.82, 2.24) is 5.32 Å². The SMILES string of the molecule is CC[S@](=O)[C@H]1CCCC[C@H]1NCCCCC#N. The van der Waals surface area contributed by atoms with E-state index < -0.39 is 10.8 Å². The number of hydrogen-bond acceptors (Lipinski definition) is 3. The molecule has 0 aliphatic heterocycles. The zero-order valence-corrected chi connectivity index (χ0v) is 11.6. The van der Waals surface area contributed by atoms with Gasteiger partial charge in [0.2, 0.25) is 0 Å². The van der Waals surface area contributed by atoms with Crippen molar-refractivity contribution in [3.05, 3.63) is 0 Å². The van der Waals surface area contributed by atoms with Crippen molar-refractivity contribution in [2.24, 2.45) is 0 Å². The van der Waals surface area contributed by atoms with E-state index in [-0.39, 0.29) is 0 Å². The van der Waals surface area contributed by atoms with Crippen molar-refractivity contribution in [3.8, 4) is 6.07 Å². The Labute approximate surface area is 107 Å². The first-order valence-corrected chi connectivity index (χ1v) is 8.15. The largest absolute Gasteiger partial charge is 0.313 e. The van der Waals surface area contributed by atoms with Gasteiger partial charge in [-0.3, -0.25) is 4.21 Å². The second kappa shape index (κ2) is 8.66. The summed E-state index contributed by atoms with van der Waals surface area (Å²) in [6.45, 7) is 2.97. The maximum Gasteiger partial charge on any atom is 0.0621 e. The van der Waals surface area contributed by atoms with Crippen molar-refractivity contribution in [2.75, 3.05) is 12.3 Å². The quantitative estimate of drug-likeness (QED) is 0.711. The summed E-state index contributed by atoms with van der Waals surface area (Å²) >= 11 is 0. The molecule has 3 nitrogen and oxygen atoms in total. The fraction of sp³-hybridized carbons (Fsp3) is 0.923. The zero-order valence-electron chi connectivity index (χ0n) is 10.8. The van der Waals surface area contributed by atoms with Crippen LogP contribution in [0.2, 0.25) is 0 Å². The van der Waals surface area contributed by atoms with Gasteiger partial charge in [0.05, 0.1) is 11.3 Å². The molecule has 0 amide bonds. The molecule has 17 heavy (non-hydrogen) atoms. The number of hydrogen-bond donors (Lipinski definition) is 1. The molecule has 0 aromatic rings. The van der Waals surface area contributed by atoms with E-state index in [1.54, 1.807) is 0 Å². The number of nitrogens with one attached hydrogen (secondary N) is 1. The molecule has 0 spiro atoms. The van der Waals surface area contributed by atoms with E-state index in [1.807, 2.05) is 6.92 Å². The lowest BCUT2D eigenvalue weighted by atomic mass is 9.95. The molecule has 0 radical (unpaired) electrons. The van der Waals surface area contributed by atoms with E-state index in [1.165, 1.54) is 12.8 Å². The molecular weight excluding hydrogens is 232 g/mol. The third-order valence-corrected chi connectivity index (χ3v) is 5.26. The Hall–Kier alpha value is -0.400. The summed E-state index contributed by atoms with van der Waals surface area (Å²) in [7, 11) is -0.667. The number of unbranched alkanes of at least 4 members (excludes halogenated alkanes) is 2. The van der Waals surface area contributed by atoms with E-state index >= 15 is 0 Å². The van der Waals surface area contributed by atoms with Crippen molar-refractivity contribution in [1.29, 1.82) is 5.26 Å². The van der Waals surface area contributed by atoms with Gasteiger partial charge in [-0.15, -0.1) is 0 Å². The highest BCUT2D eigenvalue weighted by atomic mass is 32.2. The molecule has 0 aromatic heterocycles. The van der Waals surface area contributed by atoms with Crippen LogP contribution in [-0.4, -0.2) is 27.8 Å². The number of nitriles is 1. The third kappa shape index (κ3) is 5.18. The lowest BCUT2D eigenvalue weighted by Crippen LogP contribution is -2.45. The van der Waals surface area contributed by atoms with E-state index in [0.29, 0.717) is 17.7 Å². The molecule has 4 heteroatoms. The standard InChI is InChI=1S/C13H24N2OS/c1-2-17(16)13-9-5-4-8-12(13)15-11-7-3-6-10-14/h12-13,15H,2-9,11H2,1H3/t12-,13+,17+/m1/s1. The van der Waals surface area contributed by atoms with Gasteiger partial charge in [-0.1, -0.05) is 19.8 Å². The first-order valence-electron chi connectivity index (χ1n) is 6.77. The molecule has 0 heterocycles. The minimum absolute atomic E-state index is 0.352. The van der Waals surface area contributed by atoms with Crippen LogP contribution in [0.25, 0.3) is 0 Å². The predicted molar refractivity (Wildman–Crippen MR) is 72.2 cm³/mol. The average Bonchev–Trinajstić information content (AvgIpc) is 2.38. The molecule has 3 atom stereocenters. The molecule has 1 saturated carbocycles. The van der Waals surface area contributed by atoms with Crippen LogP contribution in [0.5, 0.6) is 0 Å². The summed E-state index contributed by atoms with van der Waals surface area (Å²) in [6, 6.07) is 2.60. The van der Waals surface area contributed by atoms with Crippen molar-refractivity contribution in [2.45, 2.75) is 63.2 Å². The van der Waals surface area contributed by atoms with Crippen LogP contribution >= 0.6 is 0 Å². The van der Waals surface area contributed by atoms with Crippen molar-refractivity contribution < 1.29 is 4.21 Å². The molecule has 1 aliphatic carbocycles. The first kappa shape index (κ1) is 14.7. The van der Waals surface area contributed by atoms with E-state index in [4.69, 9.17) is 5.26 Å². The van der Waals surface area contributed by atoms with Crippen LogP contribution in [0.3, 0.4) is 0 Å². The highest BCUT2D eigenvalue weighted by Gasteiger charge is 2.28. The van der Waals surface area contributed by atoms with Crippen LogP contribution < -0.4 is 5.32 Å². The average molecular weight is 256 g/mol. The Bertz CT molecular complexity index is 275. The Balaban J connectivity index is 2.28. The lowest BCUT2D eigenvalue weighted by molar-refractivity contribution is 0.376. The summed E-state index contributed by atoms with van der Waals surface area (Å²) in [5.74, 6) is 0.775. The molecule has 1 N–H and O–H groups in total. The molecule has 1 rings (SSSR count). The van der Waals surface area contributed by atoms with Gasteiger partial charge in [-0.05, 0) is 32.2 Å². The van der Waals surface area contributed by atoms with Gasteiger partial charge in [0.1, 0.15) is 0 Å². The van der Waals surface area contributed by atoms with Gasteiger partial charge < -0.3 is 5.32 Å². The lowest BCUT2D eigenvalue weighted by Gasteiger charge is -2.31. The molecule has 1 aliphatic rings. The normalized spacial score (nSPS) is 26.4. The van der Waals surface area contributed by atoms with Gasteiger partial charge in [0.25, 0.3) is 0 Å². The number of nitrogens with zero attached hydrogens (tertiary/aromatic N) is 1. The molecule has 0 unspecified atom stereocenters. The summed E-state index contributed by atoms with van der Waals surface area (Å²) in [5, 5.41) is 12.3. The highest BCUT2D eigenvalue weighted by Crippen LogP contribution is 2.23. The van der Waals surface area contributed by atoms with Crippen LogP contribution in [0.4, 0.5) is 0 Å². The molecule has 0 bridgehead atoms. The fourth-order valence-corrected chi connectivity index (χ4v) is 3.93. The van der Waals surface area contributed by atoms with Crippen LogP contribution in [0, 0.1) is 11.3 Å². The zero-order chi connectivity index (χ0) is 12.5. The maximum atomic E-state index is 11.9. The summed E-state index contributed by atoms with van der Waals surface area (Å²) in [6.07, 6.45) is 7.42. The topological polar surface area (TPSA) is 52.9 Å². The Kier molecular flexibility index (Phi) is 7.46. The Morgan fingerprint density at radius 3 is 2.82 bits per heavy atom. The van der Waals surface area contributed by atoms with Crippen molar-refractivity contribution in [3.63, 3.8) is 0 Å². The van der Waals surface area contributed by atoms with Gasteiger partial charge in [-0.2, -0.15) is 5.26 Å². The van der Waals surface area contributed by atoms with E-state index in [0.717, 1.165) is 38.0 Å². The molecule has 1 fully saturated rings. The number of rotatable bonds is 7. The van der Waals surface area contributed by atoms with Gasteiger partial charge >= 0.3 is 0 Å². The second-order valence-electron chi connectivity index (χ2n) is 4.67. The van der Waals surface area contributed by atoms with Gasteiger partial charge in [0, 0.05) is 29.0 Å². The predicted octanol–water partition coefficient (Wildman–Crippen LogP) is 2.35. The summed E-state index contributed by atoms with van der Waals surface area (Å²) < 4.78 is 11.9. The second-order valence-corrected chi connectivity index (χ2v) is 6.61. The van der Waals surface area contributed by atoms with Crippen LogP contribution in [0.1, 0.15) is 51.9 Å². The molecule has 0 saturated heterocycles. The highest BCUT2D eigenvalue weighted by molar-refractivity contribution is 7.85. The Morgan fingerprint density at radius 2 is 2.12 bits per heavy atom. The summed E-state index contributed by atoms with van der Waals surface area (Å²) in [5.41, 5.74) is 0. The Morgan fingerprint density at radius 1 is 1.35 bits per heavy atom. The minimum Gasteiger partial charge on any atom is -0.313 e. The summed E-state index contributed by atoms with van der Waals surface area (Å²) in [4.78, 5) is 0. The minimum atomic E-state index is -0.667. The molecule has 98 valence electrons. The third-order valence-electron chi connectivity index (χ3n) is 3.45. The smallest absolute Gasteiger partial charge is 0.0621 e. The van der Waals surface area contributed by atoms with Gasteiger partial charge in [-0.25, -0.2) is 0 Å². The van der Waals surface area contributed by atoms with Crippen molar-refractivity contribution >= 4 is 10.8 Å².